The van der Waals surface area contributed by atoms with Crippen molar-refractivity contribution in [2.24, 2.45) is 5.41 Å². The van der Waals surface area contributed by atoms with Crippen molar-refractivity contribution in [3.05, 3.63) is 36.0 Å². The van der Waals surface area contributed by atoms with E-state index in [1.165, 1.54) is 0 Å². The van der Waals surface area contributed by atoms with E-state index in [2.05, 4.69) is 10.3 Å². The number of benzene rings is 1. The van der Waals surface area contributed by atoms with Crippen molar-refractivity contribution in [2.45, 2.75) is 13.8 Å². The maximum absolute atomic E-state index is 11.9. The highest BCUT2D eigenvalue weighted by Gasteiger charge is 2.27. The minimum Gasteiger partial charge on any atom is -0.481 e. The Kier molecular flexibility index (Phi) is 3.29. The number of carboxylic acid groups (broad SMARTS) is 1. The van der Waals surface area contributed by atoms with E-state index >= 15 is 0 Å². The Morgan fingerprint density at radius 1 is 1.32 bits per heavy atom. The molecule has 0 bridgehead atoms. The Morgan fingerprint density at radius 3 is 2.63 bits per heavy atom. The van der Waals surface area contributed by atoms with E-state index in [9.17, 15) is 9.59 Å². The molecule has 0 aliphatic heterocycles. The van der Waals surface area contributed by atoms with Crippen molar-refractivity contribution in [2.75, 3.05) is 6.54 Å². The molecule has 1 aromatic heterocycles. The molecule has 0 spiro atoms. The first-order valence-electron chi connectivity index (χ1n) is 5.99. The molecule has 19 heavy (non-hydrogen) atoms. The summed E-state index contributed by atoms with van der Waals surface area (Å²) < 4.78 is 0. The maximum atomic E-state index is 11.9. The summed E-state index contributed by atoms with van der Waals surface area (Å²) >= 11 is 0. The first-order valence-corrected chi connectivity index (χ1v) is 5.99. The number of hydrogen-bond acceptors (Lipinski definition) is 2. The predicted molar refractivity (Wildman–Crippen MR) is 72.0 cm³/mol. The molecular weight excluding hydrogens is 244 g/mol. The van der Waals surface area contributed by atoms with Gasteiger partial charge in [-0.2, -0.15) is 0 Å². The topological polar surface area (TPSA) is 82.2 Å². The van der Waals surface area contributed by atoms with Crippen LogP contribution in [0.1, 0.15) is 24.3 Å². The van der Waals surface area contributed by atoms with Gasteiger partial charge in [0.05, 0.1) is 5.41 Å². The van der Waals surface area contributed by atoms with Gasteiger partial charge in [0.25, 0.3) is 5.91 Å². The van der Waals surface area contributed by atoms with Crippen molar-refractivity contribution in [1.82, 2.24) is 10.3 Å². The lowest BCUT2D eigenvalue weighted by molar-refractivity contribution is -0.146. The highest BCUT2D eigenvalue weighted by atomic mass is 16.4. The standard InChI is InChI=1S/C14H16N2O3/c1-14(2,13(18)19)8-15-12(17)11-7-9-5-3-4-6-10(9)16-11/h3-7,16H,8H2,1-2H3,(H,15,17)(H,18,19). The Labute approximate surface area is 110 Å². The number of aromatic nitrogens is 1. The van der Waals surface area contributed by atoms with Gasteiger partial charge in [-0.25, -0.2) is 0 Å². The number of nitrogens with one attached hydrogen (secondary N) is 2. The fraction of sp³-hybridized carbons (Fsp3) is 0.286. The summed E-state index contributed by atoms with van der Waals surface area (Å²) in [6, 6.07) is 9.31. The quantitative estimate of drug-likeness (QED) is 0.786. The van der Waals surface area contributed by atoms with Gasteiger partial charge >= 0.3 is 5.97 Å². The normalized spacial score (nSPS) is 11.5. The molecule has 0 saturated heterocycles. The summed E-state index contributed by atoms with van der Waals surface area (Å²) in [5.41, 5.74) is 0.328. The van der Waals surface area contributed by atoms with Crippen LogP contribution in [0.5, 0.6) is 0 Å². The van der Waals surface area contributed by atoms with Gasteiger partial charge in [-0.05, 0) is 26.0 Å². The molecule has 0 fully saturated rings. The van der Waals surface area contributed by atoms with E-state index in [0.29, 0.717) is 5.69 Å². The largest absolute Gasteiger partial charge is 0.481 e. The molecule has 0 aliphatic carbocycles. The molecule has 1 heterocycles. The summed E-state index contributed by atoms with van der Waals surface area (Å²) in [6.07, 6.45) is 0. The lowest BCUT2D eigenvalue weighted by Crippen LogP contribution is -2.39. The molecule has 0 saturated carbocycles. The van der Waals surface area contributed by atoms with Crippen LogP contribution >= 0.6 is 0 Å². The van der Waals surface area contributed by atoms with Crippen LogP contribution in [0.2, 0.25) is 0 Å². The number of carbonyl (C=O) groups is 2. The van der Waals surface area contributed by atoms with Crippen molar-refractivity contribution < 1.29 is 14.7 Å². The van der Waals surface area contributed by atoms with Gasteiger partial charge in [0.2, 0.25) is 0 Å². The van der Waals surface area contributed by atoms with Crippen LogP contribution < -0.4 is 5.32 Å². The molecule has 2 rings (SSSR count). The number of H-pyrrole nitrogens is 1. The van der Waals surface area contributed by atoms with Crippen LogP contribution in [0.4, 0.5) is 0 Å². The van der Waals surface area contributed by atoms with Crippen molar-refractivity contribution in [1.29, 1.82) is 0 Å². The number of para-hydroxylation sites is 1. The first-order chi connectivity index (χ1) is 8.90. The molecule has 5 heteroatoms. The molecule has 0 aliphatic rings. The average molecular weight is 260 g/mol. The number of fused-ring (bicyclic) bond motifs is 1. The zero-order chi connectivity index (χ0) is 14.0. The maximum Gasteiger partial charge on any atom is 0.310 e. The Hall–Kier alpha value is -2.30. The smallest absolute Gasteiger partial charge is 0.310 e. The molecule has 2 aromatic rings. The second kappa shape index (κ2) is 4.76. The van der Waals surface area contributed by atoms with Crippen LogP contribution in [0.15, 0.2) is 30.3 Å². The van der Waals surface area contributed by atoms with E-state index in [1.807, 2.05) is 24.3 Å². The third-order valence-electron chi connectivity index (χ3n) is 3.04. The zero-order valence-electron chi connectivity index (χ0n) is 10.9. The van der Waals surface area contributed by atoms with Crippen LogP contribution in [0, 0.1) is 5.41 Å². The molecule has 1 aromatic carbocycles. The van der Waals surface area contributed by atoms with Gasteiger partial charge in [0.15, 0.2) is 0 Å². The molecule has 0 atom stereocenters. The third-order valence-corrected chi connectivity index (χ3v) is 3.04. The number of aromatic amines is 1. The number of amides is 1. The summed E-state index contributed by atoms with van der Waals surface area (Å²) in [4.78, 5) is 25.9. The summed E-state index contributed by atoms with van der Waals surface area (Å²) in [5, 5.41) is 12.6. The predicted octanol–water partition coefficient (Wildman–Crippen LogP) is 2.01. The summed E-state index contributed by atoms with van der Waals surface area (Å²) in [6.45, 7) is 3.22. The van der Waals surface area contributed by atoms with Crippen molar-refractivity contribution in [3.8, 4) is 0 Å². The summed E-state index contributed by atoms with van der Waals surface area (Å²) in [5.74, 6) is -1.24. The molecular formula is C14H16N2O3. The number of carboxylic acids is 1. The SMILES string of the molecule is CC(C)(CNC(=O)c1cc2ccccc2[nH]1)C(=O)O. The van der Waals surface area contributed by atoms with Gasteiger partial charge in [-0.3, -0.25) is 9.59 Å². The highest BCUT2D eigenvalue weighted by Crippen LogP contribution is 2.16. The Balaban J connectivity index is 2.10. The van der Waals surface area contributed by atoms with Crippen LogP contribution in [-0.2, 0) is 4.79 Å². The van der Waals surface area contributed by atoms with Crippen LogP contribution in [-0.4, -0.2) is 28.5 Å². The first kappa shape index (κ1) is 13.1. The Morgan fingerprint density at radius 2 is 2.00 bits per heavy atom. The van der Waals surface area contributed by atoms with Crippen molar-refractivity contribution >= 4 is 22.8 Å². The van der Waals surface area contributed by atoms with Gasteiger partial charge in [-0.1, -0.05) is 18.2 Å². The fourth-order valence-electron chi connectivity index (χ4n) is 1.67. The van der Waals surface area contributed by atoms with Crippen LogP contribution in [0.3, 0.4) is 0 Å². The summed E-state index contributed by atoms with van der Waals surface area (Å²) in [7, 11) is 0. The zero-order valence-corrected chi connectivity index (χ0v) is 10.9. The van der Waals surface area contributed by atoms with E-state index < -0.39 is 11.4 Å². The fourth-order valence-corrected chi connectivity index (χ4v) is 1.67. The van der Waals surface area contributed by atoms with Gasteiger partial charge in [0, 0.05) is 17.4 Å². The van der Waals surface area contributed by atoms with E-state index in [4.69, 9.17) is 5.11 Å². The van der Waals surface area contributed by atoms with E-state index in [1.54, 1.807) is 19.9 Å². The second-order valence-corrected chi connectivity index (χ2v) is 5.14. The monoisotopic (exact) mass is 260 g/mol. The van der Waals surface area contributed by atoms with E-state index in [0.717, 1.165) is 10.9 Å². The lowest BCUT2D eigenvalue weighted by atomic mass is 9.94. The number of aliphatic carboxylic acids is 1. The number of rotatable bonds is 4. The molecule has 0 radical (unpaired) electrons. The van der Waals surface area contributed by atoms with Gasteiger partial charge < -0.3 is 15.4 Å². The average Bonchev–Trinajstić information content (AvgIpc) is 2.79. The van der Waals surface area contributed by atoms with Gasteiger partial charge in [0.1, 0.15) is 5.69 Å². The molecule has 3 N–H and O–H groups in total. The molecule has 1 amide bonds. The minimum atomic E-state index is -0.984. The van der Waals surface area contributed by atoms with Crippen molar-refractivity contribution in [3.63, 3.8) is 0 Å². The number of carbonyl (C=O) groups excluding carboxylic acids is 1. The third kappa shape index (κ3) is 2.76. The van der Waals surface area contributed by atoms with Crippen LogP contribution in [0.25, 0.3) is 10.9 Å². The van der Waals surface area contributed by atoms with E-state index in [-0.39, 0.29) is 12.5 Å². The Bertz CT molecular complexity index is 595. The number of hydrogen-bond donors (Lipinski definition) is 3. The second-order valence-electron chi connectivity index (χ2n) is 5.14. The van der Waals surface area contributed by atoms with Gasteiger partial charge in [-0.15, -0.1) is 0 Å². The lowest BCUT2D eigenvalue weighted by Gasteiger charge is -2.19. The highest BCUT2D eigenvalue weighted by molar-refractivity contribution is 5.98. The minimum absolute atomic E-state index is 0.0799. The molecule has 100 valence electrons. The molecule has 0 unspecified atom stereocenters. The molecule has 5 nitrogen and oxygen atoms in total.